The maximum atomic E-state index is 12.9. The second kappa shape index (κ2) is 27.1. The lowest BCUT2D eigenvalue weighted by Crippen LogP contribution is -2.54. The second-order valence-electron chi connectivity index (χ2n) is 15.4. The summed E-state index contributed by atoms with van der Waals surface area (Å²) in [5.74, 6) is -1.67. The number of amides is 2. The number of aliphatic hydroxyl groups is 12. The van der Waals surface area contributed by atoms with E-state index in [1.165, 1.54) is 4.90 Å². The first-order chi connectivity index (χ1) is 30.7. The Hall–Kier alpha value is -4.70. The lowest BCUT2D eigenvalue weighted by atomic mass is 9.99. The summed E-state index contributed by atoms with van der Waals surface area (Å²) in [4.78, 5) is 38.3. The molecule has 0 unspecified atom stereocenters. The molecule has 0 bridgehead atoms. The average Bonchev–Trinajstić information content (AvgIpc) is 3.29. The number of nitrogen functional groups attached to an aromatic ring is 2. The molecule has 0 saturated carbocycles. The summed E-state index contributed by atoms with van der Waals surface area (Å²) in [6.07, 6.45) is -15.0. The van der Waals surface area contributed by atoms with Gasteiger partial charge in [0.05, 0.1) is 31.5 Å². The molecule has 9 atom stereocenters. The molecule has 0 spiro atoms. The van der Waals surface area contributed by atoms with Crippen LogP contribution in [0.4, 0.5) is 11.6 Å². The fraction of sp³-hybridized carbons (Fsp3) is 0.537. The molecule has 1 heterocycles. The first kappa shape index (κ1) is 54.6. The monoisotopic (exact) mass is 939 g/mol. The van der Waals surface area contributed by atoms with Gasteiger partial charge >= 0.3 is 0 Å². The van der Waals surface area contributed by atoms with Crippen LogP contribution in [0.2, 0.25) is 5.15 Å². The molecule has 0 aliphatic carbocycles. The lowest BCUT2D eigenvalue weighted by Gasteiger charge is -2.34. The minimum absolute atomic E-state index is 0.0390. The van der Waals surface area contributed by atoms with Crippen molar-refractivity contribution >= 4 is 41.0 Å². The number of benzene rings is 2. The predicted octanol–water partition coefficient (Wildman–Crippen LogP) is -4.68. The number of aromatic nitrogens is 2. The van der Waals surface area contributed by atoms with Crippen molar-refractivity contribution in [3.63, 3.8) is 0 Å². The number of guanidine groups is 1. The normalized spacial score (nSPS) is 16.3. The Kier molecular flexibility index (Phi) is 22.7. The molecule has 3 aromatic rings. The summed E-state index contributed by atoms with van der Waals surface area (Å²) in [6, 6.07) is 14.3. The van der Waals surface area contributed by atoms with Gasteiger partial charge in [-0.05, 0) is 54.4 Å². The Bertz CT molecular complexity index is 1920. The van der Waals surface area contributed by atoms with Gasteiger partial charge in [-0.3, -0.25) is 24.8 Å². The molecule has 0 aliphatic rings. The van der Waals surface area contributed by atoms with Crippen molar-refractivity contribution < 1.29 is 70.9 Å². The highest BCUT2D eigenvalue weighted by atomic mass is 35.5. The van der Waals surface area contributed by atoms with Gasteiger partial charge in [-0.1, -0.05) is 60.1 Å². The summed E-state index contributed by atoms with van der Waals surface area (Å²) in [5.41, 5.74) is 20.7. The van der Waals surface area contributed by atoms with Crippen LogP contribution in [-0.4, -0.2) is 194 Å². The number of aryl methyl sites for hydroxylation is 2. The van der Waals surface area contributed by atoms with Crippen LogP contribution >= 0.6 is 11.6 Å². The van der Waals surface area contributed by atoms with Crippen LogP contribution in [0.3, 0.4) is 0 Å². The molecule has 0 saturated heterocycles. The first-order valence-corrected chi connectivity index (χ1v) is 21.1. The highest BCUT2D eigenvalue weighted by Crippen LogP contribution is 2.22. The molecule has 3 rings (SSSR count). The fourth-order valence-corrected chi connectivity index (χ4v) is 6.60. The SMILES string of the molecule is NC(=NCCCCc1ccc(-c2ccc(CCC(=O)N[C@@H](CCN(C[C@H](O)[C@@H](O)[C@H](O)[C@H](O)CO)C[C@H](O)[C@@H](O)[C@H](O)[C@H](O)CO)C(O)O)cc2)cc1)NC(=O)c1nc(Cl)c(N)nc1N. The van der Waals surface area contributed by atoms with Gasteiger partial charge in [0.1, 0.15) is 36.6 Å². The molecule has 24 heteroatoms. The number of carbonyl (C=O) groups excluding carboxylic acids is 2. The van der Waals surface area contributed by atoms with Crippen molar-refractivity contribution in [3.05, 3.63) is 70.5 Å². The van der Waals surface area contributed by atoms with Gasteiger partial charge in [-0.15, -0.1) is 0 Å². The van der Waals surface area contributed by atoms with Gasteiger partial charge in [0.25, 0.3) is 5.91 Å². The van der Waals surface area contributed by atoms with Gasteiger partial charge in [0.2, 0.25) is 5.91 Å². The molecular weight excluding hydrogens is 878 g/mol. The minimum Gasteiger partial charge on any atom is -0.394 e. The van der Waals surface area contributed by atoms with Crippen LogP contribution < -0.4 is 27.8 Å². The molecule has 2 amide bonds. The molecule has 1 aromatic heterocycles. The molecule has 0 fully saturated rings. The van der Waals surface area contributed by atoms with E-state index in [-0.39, 0.29) is 47.8 Å². The van der Waals surface area contributed by atoms with Crippen LogP contribution in [0.25, 0.3) is 11.1 Å². The highest BCUT2D eigenvalue weighted by Gasteiger charge is 2.35. The maximum Gasteiger partial charge on any atom is 0.280 e. The third-order valence-corrected chi connectivity index (χ3v) is 10.7. The number of halogens is 1. The number of rotatable bonds is 27. The molecule has 0 radical (unpaired) electrons. The Labute approximate surface area is 379 Å². The number of unbranched alkanes of at least 4 members (excludes halogenated alkanes) is 1. The fourth-order valence-electron chi connectivity index (χ4n) is 6.47. The van der Waals surface area contributed by atoms with Gasteiger partial charge in [0.15, 0.2) is 34.7 Å². The minimum atomic E-state index is -2.07. The molecule has 0 aliphatic heterocycles. The summed E-state index contributed by atoms with van der Waals surface area (Å²) >= 11 is 5.82. The Morgan fingerprint density at radius 3 is 1.68 bits per heavy atom. The van der Waals surface area contributed by atoms with Crippen LogP contribution in [0.5, 0.6) is 0 Å². The number of nitrogens with zero attached hydrogens (tertiary/aromatic N) is 4. The van der Waals surface area contributed by atoms with Crippen molar-refractivity contribution in [3.8, 4) is 11.1 Å². The summed E-state index contributed by atoms with van der Waals surface area (Å²) < 4.78 is 0. The Morgan fingerprint density at radius 2 is 1.18 bits per heavy atom. The Morgan fingerprint density at radius 1 is 0.692 bits per heavy atom. The summed E-state index contributed by atoms with van der Waals surface area (Å²) in [5, 5.41) is 124. The quantitative estimate of drug-likeness (QED) is 0.0148. The van der Waals surface area contributed by atoms with Crippen molar-refractivity contribution in [2.24, 2.45) is 10.7 Å². The predicted molar refractivity (Wildman–Crippen MR) is 236 cm³/mol. The Balaban J connectivity index is 1.50. The van der Waals surface area contributed by atoms with E-state index in [4.69, 9.17) is 39.0 Å². The highest BCUT2D eigenvalue weighted by molar-refractivity contribution is 6.31. The van der Waals surface area contributed by atoms with E-state index in [0.29, 0.717) is 19.4 Å². The largest absolute Gasteiger partial charge is 0.394 e. The molecule has 23 nitrogen and oxygen atoms in total. The second-order valence-corrected chi connectivity index (χ2v) is 15.8. The zero-order chi connectivity index (χ0) is 48.4. The molecule has 362 valence electrons. The number of nitrogens with one attached hydrogen (secondary N) is 2. The van der Waals surface area contributed by atoms with Gasteiger partial charge < -0.3 is 83.8 Å². The first-order valence-electron chi connectivity index (χ1n) is 20.7. The van der Waals surface area contributed by atoms with Gasteiger partial charge in [-0.2, -0.15) is 0 Å². The van der Waals surface area contributed by atoms with Gasteiger partial charge in [-0.25, -0.2) is 9.97 Å². The third kappa shape index (κ3) is 17.6. The number of nitrogens with two attached hydrogens (primary N) is 3. The number of aliphatic hydroxyl groups excluding tert-OH is 11. The van der Waals surface area contributed by atoms with E-state index in [0.717, 1.165) is 35.1 Å². The lowest BCUT2D eigenvalue weighted by molar-refractivity contribution is -0.132. The topological polar surface area (TPSA) is 420 Å². The van der Waals surface area contributed by atoms with Crippen LogP contribution in [0, 0.1) is 0 Å². The van der Waals surface area contributed by atoms with E-state index in [1.54, 1.807) is 0 Å². The van der Waals surface area contributed by atoms with Crippen LogP contribution in [0.15, 0.2) is 53.5 Å². The van der Waals surface area contributed by atoms with E-state index in [2.05, 4.69) is 25.6 Å². The third-order valence-electron chi connectivity index (χ3n) is 10.4. The van der Waals surface area contributed by atoms with Crippen LogP contribution in [-0.2, 0) is 17.6 Å². The number of hydrogen-bond acceptors (Lipinski definition) is 20. The average molecular weight is 940 g/mol. The van der Waals surface area contributed by atoms with Crippen molar-refractivity contribution in [2.45, 2.75) is 99.7 Å². The van der Waals surface area contributed by atoms with E-state index in [9.17, 15) is 60.7 Å². The van der Waals surface area contributed by atoms with E-state index in [1.807, 2.05) is 48.5 Å². The summed E-state index contributed by atoms with van der Waals surface area (Å²) in [7, 11) is 0. The van der Waals surface area contributed by atoms with Crippen molar-refractivity contribution in [2.75, 3.05) is 50.9 Å². The maximum absolute atomic E-state index is 12.9. The molecule has 2 aromatic carbocycles. The smallest absolute Gasteiger partial charge is 0.280 e. The zero-order valence-electron chi connectivity index (χ0n) is 35.5. The molecule has 65 heavy (non-hydrogen) atoms. The molecular formula is C41H62ClN9O14. The number of anilines is 2. The zero-order valence-corrected chi connectivity index (χ0v) is 36.2. The number of carbonyl (C=O) groups is 2. The number of aliphatic imine (C=N–C) groups is 1. The van der Waals surface area contributed by atoms with Gasteiger partial charge in [0, 0.05) is 32.6 Å². The standard InChI is InChI=1S/C41H62ClN9O14/c42-36-38(44)49-37(43)31(48-36)39(63)50-41(45)46-15-2-1-3-21-4-9-23(10-5-21)24-11-6-22(7-12-24)8-13-30(58)47-25(40(64)65)14-16-51(17-26(54)32(59)34(61)28(56)19-52)18-27(55)33(60)35(62)29(57)20-53/h4-7,9-12,25-29,32-35,40,52-57,59-62,64-65H,1-3,8,13-20H2,(H,47,58)(H4,43,44,49)(H3,45,46,50,63)/t25-,26-,27-,28+,29+,32+,33+,34+,35+/m0/s1. The summed E-state index contributed by atoms with van der Waals surface area (Å²) in [6.45, 7) is -2.91. The van der Waals surface area contributed by atoms with Crippen LogP contribution in [0.1, 0.15) is 47.3 Å². The van der Waals surface area contributed by atoms with E-state index >= 15 is 0 Å². The van der Waals surface area contributed by atoms with Crippen molar-refractivity contribution in [1.82, 2.24) is 25.5 Å². The van der Waals surface area contributed by atoms with Crippen molar-refractivity contribution in [1.29, 1.82) is 0 Å². The number of hydrogen-bond donors (Lipinski definition) is 17. The van der Waals surface area contributed by atoms with E-state index < -0.39 is 99.3 Å². The molecule has 20 N–H and O–H groups in total.